The van der Waals surface area contributed by atoms with E-state index in [4.69, 9.17) is 4.74 Å². The molecule has 7 heteroatoms. The molecule has 1 aliphatic heterocycles. The van der Waals surface area contributed by atoms with Gasteiger partial charge in [0.05, 0.1) is 5.69 Å². The van der Waals surface area contributed by atoms with Crippen molar-refractivity contribution in [2.24, 2.45) is 0 Å². The number of anilines is 2. The van der Waals surface area contributed by atoms with Gasteiger partial charge in [0.15, 0.2) is 5.60 Å². The van der Waals surface area contributed by atoms with Crippen LogP contribution < -0.4 is 20.3 Å². The summed E-state index contributed by atoms with van der Waals surface area (Å²) >= 11 is 0. The van der Waals surface area contributed by atoms with Crippen LogP contribution in [0.3, 0.4) is 0 Å². The Morgan fingerprint density at radius 3 is 2.52 bits per heavy atom. The van der Waals surface area contributed by atoms with Crippen molar-refractivity contribution in [2.45, 2.75) is 53.2 Å². The smallest absolute Gasteiger partial charge is 0.271 e. The highest BCUT2D eigenvalue weighted by Gasteiger charge is 2.42. The molecule has 1 heterocycles. The first kappa shape index (κ1) is 22.3. The number of aryl methyl sites for hydroxylation is 1. The normalized spacial score (nSPS) is 14.7. The third-order valence-electron chi connectivity index (χ3n) is 5.24. The number of hydrogen-bond acceptors (Lipinski definition) is 4. The zero-order valence-electron chi connectivity index (χ0n) is 18.8. The Morgan fingerprint density at radius 2 is 1.84 bits per heavy atom. The van der Waals surface area contributed by atoms with Crippen LogP contribution in [0.15, 0.2) is 36.4 Å². The van der Waals surface area contributed by atoms with Crippen molar-refractivity contribution in [1.29, 1.82) is 0 Å². The minimum atomic E-state index is -1.13. The molecule has 2 aromatic carbocycles. The molecule has 0 bridgehead atoms. The number of nitrogens with one attached hydrogen (secondary N) is 2. The molecule has 0 saturated heterocycles. The molecular weight excluding hydrogens is 394 g/mol. The van der Waals surface area contributed by atoms with Gasteiger partial charge in [-0.05, 0) is 76.9 Å². The van der Waals surface area contributed by atoms with Crippen LogP contribution in [0.1, 0.15) is 49.2 Å². The monoisotopic (exact) mass is 423 g/mol. The van der Waals surface area contributed by atoms with Crippen molar-refractivity contribution >= 4 is 29.1 Å². The lowest BCUT2D eigenvalue weighted by atomic mass is 10.0. The van der Waals surface area contributed by atoms with Gasteiger partial charge in [0.2, 0.25) is 5.91 Å². The number of rotatable bonds is 5. The van der Waals surface area contributed by atoms with E-state index in [1.165, 1.54) is 4.90 Å². The van der Waals surface area contributed by atoms with Gasteiger partial charge in [-0.2, -0.15) is 0 Å². The molecule has 3 amide bonds. The summed E-state index contributed by atoms with van der Waals surface area (Å²) in [5, 5.41) is 5.72. The fourth-order valence-electron chi connectivity index (χ4n) is 3.43. The first-order valence-corrected chi connectivity index (χ1v) is 10.3. The van der Waals surface area contributed by atoms with Gasteiger partial charge in [0.25, 0.3) is 11.8 Å². The van der Waals surface area contributed by atoms with E-state index >= 15 is 0 Å². The zero-order valence-corrected chi connectivity index (χ0v) is 18.8. The molecule has 0 saturated carbocycles. The molecule has 3 rings (SSSR count). The van der Waals surface area contributed by atoms with Crippen molar-refractivity contribution in [1.82, 2.24) is 5.32 Å². The molecule has 0 aliphatic carbocycles. The summed E-state index contributed by atoms with van der Waals surface area (Å²) < 4.78 is 5.86. The standard InChI is InChI=1S/C24H29N3O4/c1-14(2)25-22(29)17-10-11-20-19(12-17)27(23(30)24(5,6)31-20)13-21(28)26-18-9-7-8-15(3)16(18)4/h7-12,14H,13H2,1-6H3,(H,25,29)(H,26,28). The molecule has 7 nitrogen and oxygen atoms in total. The second-order valence-corrected chi connectivity index (χ2v) is 8.61. The Hall–Kier alpha value is -3.35. The van der Waals surface area contributed by atoms with Crippen LogP contribution in [0.25, 0.3) is 0 Å². The second-order valence-electron chi connectivity index (χ2n) is 8.61. The summed E-state index contributed by atoms with van der Waals surface area (Å²) in [6.45, 7) is 10.8. The van der Waals surface area contributed by atoms with Crippen molar-refractivity contribution < 1.29 is 19.1 Å². The zero-order chi connectivity index (χ0) is 22.9. The fraction of sp³-hybridized carbons (Fsp3) is 0.375. The van der Waals surface area contributed by atoms with Gasteiger partial charge in [-0.3, -0.25) is 19.3 Å². The minimum Gasteiger partial charge on any atom is -0.476 e. The summed E-state index contributed by atoms with van der Waals surface area (Å²) in [5.74, 6) is -0.486. The Labute approximate surface area is 182 Å². The van der Waals surface area contributed by atoms with E-state index in [-0.39, 0.29) is 30.3 Å². The molecule has 164 valence electrons. The fourth-order valence-corrected chi connectivity index (χ4v) is 3.43. The quantitative estimate of drug-likeness (QED) is 0.769. The van der Waals surface area contributed by atoms with Crippen LogP contribution in [0.4, 0.5) is 11.4 Å². The van der Waals surface area contributed by atoms with Crippen LogP contribution in [-0.4, -0.2) is 35.9 Å². The molecule has 1 aliphatic rings. The van der Waals surface area contributed by atoms with Crippen molar-refractivity contribution in [3.8, 4) is 5.75 Å². The third-order valence-corrected chi connectivity index (χ3v) is 5.24. The molecule has 31 heavy (non-hydrogen) atoms. The Bertz CT molecular complexity index is 1040. The Balaban J connectivity index is 1.91. The SMILES string of the molecule is Cc1cccc(NC(=O)CN2C(=O)C(C)(C)Oc3ccc(C(=O)NC(C)C)cc32)c1C. The molecule has 0 spiro atoms. The Morgan fingerprint density at radius 1 is 1.13 bits per heavy atom. The van der Waals surface area contributed by atoms with Gasteiger partial charge in [-0.1, -0.05) is 12.1 Å². The number of carbonyl (C=O) groups excluding carboxylic acids is 3. The highest BCUT2D eigenvalue weighted by Crippen LogP contribution is 2.38. The third kappa shape index (κ3) is 4.71. The lowest BCUT2D eigenvalue weighted by molar-refractivity contribution is -0.133. The van der Waals surface area contributed by atoms with E-state index in [0.29, 0.717) is 22.7 Å². The molecule has 2 N–H and O–H groups in total. The lowest BCUT2D eigenvalue weighted by Crippen LogP contribution is -2.54. The topological polar surface area (TPSA) is 87.7 Å². The van der Waals surface area contributed by atoms with E-state index in [1.54, 1.807) is 32.0 Å². The lowest BCUT2D eigenvalue weighted by Gasteiger charge is -2.38. The van der Waals surface area contributed by atoms with E-state index in [0.717, 1.165) is 11.1 Å². The summed E-state index contributed by atoms with van der Waals surface area (Å²) in [6, 6.07) is 10.5. The molecule has 0 radical (unpaired) electrons. The molecule has 0 aromatic heterocycles. The number of carbonyl (C=O) groups is 3. The number of benzene rings is 2. The molecule has 0 fully saturated rings. The number of ether oxygens (including phenoxy) is 1. The maximum atomic E-state index is 13.1. The summed E-state index contributed by atoms with van der Waals surface area (Å²) in [4.78, 5) is 39.8. The van der Waals surface area contributed by atoms with E-state index in [1.807, 2.05) is 45.9 Å². The average molecular weight is 424 g/mol. The van der Waals surface area contributed by atoms with Crippen molar-refractivity contribution in [2.75, 3.05) is 16.8 Å². The van der Waals surface area contributed by atoms with Gasteiger partial charge in [-0.25, -0.2) is 0 Å². The highest BCUT2D eigenvalue weighted by molar-refractivity contribution is 6.08. The predicted molar refractivity (Wildman–Crippen MR) is 121 cm³/mol. The Kier molecular flexibility index (Phi) is 6.06. The first-order valence-electron chi connectivity index (χ1n) is 10.3. The maximum Gasteiger partial charge on any atom is 0.271 e. The van der Waals surface area contributed by atoms with E-state index < -0.39 is 5.60 Å². The average Bonchev–Trinajstić information content (AvgIpc) is 2.68. The van der Waals surface area contributed by atoms with Gasteiger partial charge in [0.1, 0.15) is 12.3 Å². The van der Waals surface area contributed by atoms with Gasteiger partial charge < -0.3 is 15.4 Å². The van der Waals surface area contributed by atoms with Crippen molar-refractivity contribution in [3.63, 3.8) is 0 Å². The second kappa shape index (κ2) is 8.41. The summed E-state index contributed by atoms with van der Waals surface area (Å²) in [5.41, 5.74) is 2.40. The number of nitrogens with zero attached hydrogens (tertiary/aromatic N) is 1. The molecule has 0 unspecified atom stereocenters. The van der Waals surface area contributed by atoms with Gasteiger partial charge in [-0.15, -0.1) is 0 Å². The summed E-state index contributed by atoms with van der Waals surface area (Å²) in [6.07, 6.45) is 0. The highest BCUT2D eigenvalue weighted by atomic mass is 16.5. The van der Waals surface area contributed by atoms with E-state index in [9.17, 15) is 14.4 Å². The number of fused-ring (bicyclic) bond motifs is 1. The van der Waals surface area contributed by atoms with Crippen LogP contribution in [0.5, 0.6) is 5.75 Å². The van der Waals surface area contributed by atoms with Gasteiger partial charge in [0, 0.05) is 17.3 Å². The largest absolute Gasteiger partial charge is 0.476 e. The van der Waals surface area contributed by atoms with E-state index in [2.05, 4.69) is 10.6 Å². The molecule has 0 atom stereocenters. The predicted octanol–water partition coefficient (Wildman–Crippen LogP) is 3.58. The molecule has 2 aromatic rings. The van der Waals surface area contributed by atoms with Crippen LogP contribution in [0, 0.1) is 13.8 Å². The van der Waals surface area contributed by atoms with Crippen LogP contribution in [0.2, 0.25) is 0 Å². The summed E-state index contributed by atoms with van der Waals surface area (Å²) in [7, 11) is 0. The van der Waals surface area contributed by atoms with Crippen molar-refractivity contribution in [3.05, 3.63) is 53.1 Å². The number of amides is 3. The minimum absolute atomic E-state index is 0.0280. The molecular formula is C24H29N3O4. The maximum absolute atomic E-state index is 13.1. The number of hydrogen-bond donors (Lipinski definition) is 2. The van der Waals surface area contributed by atoms with Crippen LogP contribution in [-0.2, 0) is 9.59 Å². The van der Waals surface area contributed by atoms with Gasteiger partial charge >= 0.3 is 0 Å². The van der Waals surface area contributed by atoms with Crippen LogP contribution >= 0.6 is 0 Å². The first-order chi connectivity index (χ1) is 14.5.